The predicted molar refractivity (Wildman–Crippen MR) is 94.7 cm³/mol. The molecular formula is C18H37NOS. The highest BCUT2D eigenvalue weighted by Gasteiger charge is 2.40. The van der Waals surface area contributed by atoms with Crippen molar-refractivity contribution in [3.8, 4) is 0 Å². The molecule has 1 aliphatic carbocycles. The Morgan fingerprint density at radius 1 is 1.10 bits per heavy atom. The maximum atomic E-state index is 12.6. The summed E-state index contributed by atoms with van der Waals surface area (Å²) in [5, 5.41) is 0. The average molecular weight is 316 g/mol. The van der Waals surface area contributed by atoms with Crippen molar-refractivity contribution in [3.63, 3.8) is 0 Å². The molecule has 0 heterocycles. The minimum Gasteiger partial charge on any atom is -0.242 e. The summed E-state index contributed by atoms with van der Waals surface area (Å²) in [4.78, 5) is 0. The number of nitrogens with one attached hydrogen (secondary N) is 1. The quantitative estimate of drug-likeness (QED) is 0.742. The van der Waals surface area contributed by atoms with Gasteiger partial charge in [0.15, 0.2) is 0 Å². The molecule has 0 aromatic rings. The Bertz CT molecular complexity index is 343. The van der Waals surface area contributed by atoms with Gasteiger partial charge in [-0.2, -0.15) is 0 Å². The fourth-order valence-corrected chi connectivity index (χ4v) is 4.31. The zero-order valence-electron chi connectivity index (χ0n) is 15.3. The third-order valence-electron chi connectivity index (χ3n) is 5.04. The monoisotopic (exact) mass is 315 g/mol. The summed E-state index contributed by atoms with van der Waals surface area (Å²) in [7, 11) is -0.960. The van der Waals surface area contributed by atoms with Gasteiger partial charge in [0.2, 0.25) is 0 Å². The lowest BCUT2D eigenvalue weighted by atomic mass is 9.66. The number of unbranched alkanes of at least 4 members (excludes halogenated alkanes) is 1. The van der Waals surface area contributed by atoms with E-state index in [2.05, 4.69) is 53.2 Å². The topological polar surface area (TPSA) is 29.1 Å². The Hall–Kier alpha value is 0.110. The first-order chi connectivity index (χ1) is 9.50. The van der Waals surface area contributed by atoms with Gasteiger partial charge >= 0.3 is 0 Å². The van der Waals surface area contributed by atoms with Gasteiger partial charge in [-0.15, -0.1) is 0 Å². The lowest BCUT2D eigenvalue weighted by Gasteiger charge is -2.45. The molecule has 3 heteroatoms. The summed E-state index contributed by atoms with van der Waals surface area (Å²) in [5.41, 5.74) is 0.510. The van der Waals surface area contributed by atoms with Gasteiger partial charge in [-0.05, 0) is 64.2 Å². The first kappa shape index (κ1) is 19.2. The molecular weight excluding hydrogens is 278 g/mol. The van der Waals surface area contributed by atoms with Gasteiger partial charge in [-0.3, -0.25) is 0 Å². The third-order valence-corrected chi connectivity index (χ3v) is 6.77. The van der Waals surface area contributed by atoms with Crippen LogP contribution in [0.3, 0.4) is 0 Å². The molecule has 0 spiro atoms. The molecule has 0 aromatic heterocycles. The van der Waals surface area contributed by atoms with Crippen LogP contribution in [0, 0.1) is 11.3 Å². The SMILES string of the molecule is CCCCC1(NS(=O)C(C)(C)C)CCC(C(C)(C)C)CC1. The smallest absolute Gasteiger partial charge is 0.0975 e. The summed E-state index contributed by atoms with van der Waals surface area (Å²) in [6, 6.07) is 0. The summed E-state index contributed by atoms with van der Waals surface area (Å²) >= 11 is 0. The Morgan fingerprint density at radius 3 is 2.00 bits per heavy atom. The molecule has 0 aliphatic heterocycles. The van der Waals surface area contributed by atoms with Crippen LogP contribution in [0.25, 0.3) is 0 Å². The Balaban J connectivity index is 2.76. The van der Waals surface area contributed by atoms with Crippen molar-refractivity contribution in [2.24, 2.45) is 11.3 Å². The summed E-state index contributed by atoms with van der Waals surface area (Å²) < 4.78 is 16.0. The third kappa shape index (κ3) is 5.67. The second-order valence-corrected chi connectivity index (χ2v) is 11.0. The van der Waals surface area contributed by atoms with Crippen molar-refractivity contribution in [1.29, 1.82) is 0 Å². The molecule has 0 aromatic carbocycles. The second-order valence-electron chi connectivity index (χ2n) is 9.01. The molecule has 0 bridgehead atoms. The van der Waals surface area contributed by atoms with Crippen LogP contribution in [-0.4, -0.2) is 14.5 Å². The molecule has 1 aliphatic rings. The van der Waals surface area contributed by atoms with Crippen LogP contribution in [-0.2, 0) is 11.0 Å². The molecule has 0 saturated heterocycles. The molecule has 1 rings (SSSR count). The molecule has 1 saturated carbocycles. The normalized spacial score (nSPS) is 29.4. The van der Waals surface area contributed by atoms with E-state index in [1.807, 2.05) is 0 Å². The molecule has 1 N–H and O–H groups in total. The van der Waals surface area contributed by atoms with Crippen LogP contribution in [0.5, 0.6) is 0 Å². The highest BCUT2D eigenvalue weighted by atomic mass is 32.2. The average Bonchev–Trinajstić information content (AvgIpc) is 2.35. The standard InChI is InChI=1S/C18H37NOS/c1-8-9-12-18(19-21(20)17(5,6)7)13-10-15(11-14-18)16(2,3)4/h15,19H,8-14H2,1-7H3. The molecule has 0 amide bonds. The second kappa shape index (κ2) is 7.12. The minimum atomic E-state index is -0.960. The van der Waals surface area contributed by atoms with E-state index >= 15 is 0 Å². The zero-order chi connectivity index (χ0) is 16.3. The van der Waals surface area contributed by atoms with Crippen molar-refractivity contribution in [2.45, 2.75) is 104 Å². The molecule has 0 radical (unpaired) electrons. The van der Waals surface area contributed by atoms with E-state index in [0.29, 0.717) is 5.41 Å². The van der Waals surface area contributed by atoms with E-state index in [1.54, 1.807) is 0 Å². The van der Waals surface area contributed by atoms with Crippen LogP contribution in [0.1, 0.15) is 93.4 Å². The van der Waals surface area contributed by atoms with Gasteiger partial charge in [0, 0.05) is 5.54 Å². The van der Waals surface area contributed by atoms with E-state index in [1.165, 1.54) is 44.9 Å². The fraction of sp³-hybridized carbons (Fsp3) is 1.00. The highest BCUT2D eigenvalue weighted by molar-refractivity contribution is 7.84. The van der Waals surface area contributed by atoms with Crippen molar-refractivity contribution >= 4 is 11.0 Å². The zero-order valence-corrected chi connectivity index (χ0v) is 16.2. The van der Waals surface area contributed by atoms with Gasteiger partial charge in [0.25, 0.3) is 0 Å². The molecule has 1 fully saturated rings. The number of hydrogen-bond acceptors (Lipinski definition) is 1. The molecule has 21 heavy (non-hydrogen) atoms. The van der Waals surface area contributed by atoms with Crippen molar-refractivity contribution in [2.75, 3.05) is 0 Å². The Morgan fingerprint density at radius 2 is 1.62 bits per heavy atom. The van der Waals surface area contributed by atoms with Gasteiger partial charge in [-0.1, -0.05) is 40.5 Å². The van der Waals surface area contributed by atoms with Crippen LogP contribution in [0.15, 0.2) is 0 Å². The fourth-order valence-electron chi connectivity index (χ4n) is 3.30. The first-order valence-corrected chi connectivity index (χ1v) is 9.85. The van der Waals surface area contributed by atoms with Crippen LogP contribution >= 0.6 is 0 Å². The summed E-state index contributed by atoms with van der Waals surface area (Å²) in [6.45, 7) is 15.5. The Labute approximate surface area is 135 Å². The van der Waals surface area contributed by atoms with Crippen LogP contribution in [0.4, 0.5) is 0 Å². The van der Waals surface area contributed by atoms with E-state index in [4.69, 9.17) is 0 Å². The van der Waals surface area contributed by atoms with E-state index in [0.717, 1.165) is 5.92 Å². The number of hydrogen-bond donors (Lipinski definition) is 1. The van der Waals surface area contributed by atoms with Crippen molar-refractivity contribution in [1.82, 2.24) is 4.72 Å². The van der Waals surface area contributed by atoms with Gasteiger partial charge in [-0.25, -0.2) is 8.93 Å². The Kier molecular flexibility index (Phi) is 6.50. The van der Waals surface area contributed by atoms with Crippen LogP contribution in [0.2, 0.25) is 0 Å². The van der Waals surface area contributed by atoms with Gasteiger partial charge in [0.05, 0.1) is 15.7 Å². The highest BCUT2D eigenvalue weighted by Crippen LogP contribution is 2.43. The van der Waals surface area contributed by atoms with Crippen molar-refractivity contribution < 1.29 is 4.21 Å². The molecule has 2 nitrogen and oxygen atoms in total. The van der Waals surface area contributed by atoms with Gasteiger partial charge in [0.1, 0.15) is 0 Å². The molecule has 126 valence electrons. The largest absolute Gasteiger partial charge is 0.242 e. The van der Waals surface area contributed by atoms with Crippen LogP contribution < -0.4 is 4.72 Å². The first-order valence-electron chi connectivity index (χ1n) is 8.70. The summed E-state index contributed by atoms with van der Waals surface area (Å²) in [6.07, 6.45) is 8.50. The van der Waals surface area contributed by atoms with E-state index in [-0.39, 0.29) is 10.3 Å². The predicted octanol–water partition coefficient (Wildman–Crippen LogP) is 5.20. The molecule has 1 atom stereocenters. The minimum absolute atomic E-state index is 0.107. The lowest BCUT2D eigenvalue weighted by Crippen LogP contribution is -2.52. The van der Waals surface area contributed by atoms with Crippen molar-refractivity contribution in [3.05, 3.63) is 0 Å². The molecule has 1 unspecified atom stereocenters. The number of rotatable bonds is 5. The summed E-state index contributed by atoms with van der Waals surface area (Å²) in [5.74, 6) is 0.803. The van der Waals surface area contributed by atoms with E-state index in [9.17, 15) is 4.21 Å². The van der Waals surface area contributed by atoms with E-state index < -0.39 is 11.0 Å². The lowest BCUT2D eigenvalue weighted by molar-refractivity contribution is 0.120. The maximum Gasteiger partial charge on any atom is 0.0975 e. The van der Waals surface area contributed by atoms with Gasteiger partial charge < -0.3 is 0 Å². The maximum absolute atomic E-state index is 12.6.